The molecule has 72 valence electrons. The number of hydrogen-bond donors (Lipinski definition) is 2. The SMILES string of the molecule is CCC(C)NC(=O)c1cc(N)on1. The third kappa shape index (κ3) is 2.47. The highest BCUT2D eigenvalue weighted by Gasteiger charge is 2.12. The van der Waals surface area contributed by atoms with Crippen LogP contribution in [0.4, 0.5) is 5.88 Å². The molecule has 0 aliphatic rings. The van der Waals surface area contributed by atoms with Crippen LogP contribution >= 0.6 is 0 Å². The zero-order chi connectivity index (χ0) is 9.84. The van der Waals surface area contributed by atoms with E-state index < -0.39 is 0 Å². The second-order valence-electron chi connectivity index (χ2n) is 2.90. The Morgan fingerprint density at radius 1 is 1.85 bits per heavy atom. The lowest BCUT2D eigenvalue weighted by molar-refractivity contribution is 0.0930. The van der Waals surface area contributed by atoms with Gasteiger partial charge in [-0.3, -0.25) is 4.79 Å². The number of nitrogens with one attached hydrogen (secondary N) is 1. The molecule has 1 heterocycles. The highest BCUT2D eigenvalue weighted by Crippen LogP contribution is 2.04. The molecule has 1 aromatic rings. The predicted octanol–water partition coefficient (Wildman–Crippen LogP) is 0.785. The highest BCUT2D eigenvalue weighted by atomic mass is 16.5. The molecular formula is C8H13N3O2. The lowest BCUT2D eigenvalue weighted by atomic mass is 10.2. The minimum atomic E-state index is -0.255. The van der Waals surface area contributed by atoms with Crippen LogP contribution in [-0.2, 0) is 0 Å². The van der Waals surface area contributed by atoms with Crippen molar-refractivity contribution < 1.29 is 9.32 Å². The van der Waals surface area contributed by atoms with Gasteiger partial charge >= 0.3 is 0 Å². The summed E-state index contributed by atoms with van der Waals surface area (Å²) >= 11 is 0. The van der Waals surface area contributed by atoms with E-state index >= 15 is 0 Å². The molecule has 0 spiro atoms. The van der Waals surface area contributed by atoms with Crippen molar-refractivity contribution in [2.45, 2.75) is 26.3 Å². The molecule has 0 fully saturated rings. The van der Waals surface area contributed by atoms with E-state index in [9.17, 15) is 4.79 Å². The van der Waals surface area contributed by atoms with Gasteiger partial charge in [-0.25, -0.2) is 0 Å². The lowest BCUT2D eigenvalue weighted by Gasteiger charge is -2.08. The molecule has 0 aliphatic heterocycles. The van der Waals surface area contributed by atoms with Crippen LogP contribution in [0.5, 0.6) is 0 Å². The van der Waals surface area contributed by atoms with Gasteiger partial charge in [0.1, 0.15) is 0 Å². The van der Waals surface area contributed by atoms with Gasteiger partial charge in [0.25, 0.3) is 5.91 Å². The number of hydrogen-bond acceptors (Lipinski definition) is 4. The number of rotatable bonds is 3. The van der Waals surface area contributed by atoms with Crippen molar-refractivity contribution in [3.8, 4) is 0 Å². The molecular weight excluding hydrogens is 170 g/mol. The lowest BCUT2D eigenvalue weighted by Crippen LogP contribution is -2.32. The van der Waals surface area contributed by atoms with Crippen LogP contribution in [0, 0.1) is 0 Å². The number of anilines is 1. The van der Waals surface area contributed by atoms with Gasteiger partial charge in [-0.1, -0.05) is 12.1 Å². The first-order valence-corrected chi connectivity index (χ1v) is 4.16. The Morgan fingerprint density at radius 3 is 3.00 bits per heavy atom. The molecule has 1 unspecified atom stereocenters. The minimum absolute atomic E-state index is 0.130. The largest absolute Gasteiger partial charge is 0.368 e. The first-order valence-electron chi connectivity index (χ1n) is 4.16. The fourth-order valence-electron chi connectivity index (χ4n) is 0.796. The predicted molar refractivity (Wildman–Crippen MR) is 48.1 cm³/mol. The number of nitrogens with zero attached hydrogens (tertiary/aromatic N) is 1. The molecule has 0 aromatic carbocycles. The van der Waals surface area contributed by atoms with Crippen molar-refractivity contribution in [1.29, 1.82) is 0 Å². The fourth-order valence-corrected chi connectivity index (χ4v) is 0.796. The Labute approximate surface area is 76.3 Å². The number of nitrogen functional groups attached to an aromatic ring is 1. The average molecular weight is 183 g/mol. The zero-order valence-corrected chi connectivity index (χ0v) is 7.70. The topological polar surface area (TPSA) is 81.2 Å². The zero-order valence-electron chi connectivity index (χ0n) is 7.70. The van der Waals surface area contributed by atoms with Gasteiger partial charge in [0, 0.05) is 12.1 Å². The van der Waals surface area contributed by atoms with Gasteiger partial charge < -0.3 is 15.6 Å². The third-order valence-electron chi connectivity index (χ3n) is 1.75. The standard InChI is InChI=1S/C8H13N3O2/c1-3-5(2)10-8(12)6-4-7(9)13-11-6/h4-5H,3,9H2,1-2H3,(H,10,12). The van der Waals surface area contributed by atoms with Crippen LogP contribution in [0.2, 0.25) is 0 Å². The van der Waals surface area contributed by atoms with Crippen molar-refractivity contribution in [2.75, 3.05) is 5.73 Å². The maximum absolute atomic E-state index is 11.3. The Kier molecular flexibility index (Phi) is 2.89. The molecule has 1 amide bonds. The number of nitrogens with two attached hydrogens (primary N) is 1. The van der Waals surface area contributed by atoms with Gasteiger partial charge in [-0.05, 0) is 13.3 Å². The van der Waals surface area contributed by atoms with Crippen LogP contribution in [0.1, 0.15) is 30.8 Å². The molecule has 1 atom stereocenters. The van der Waals surface area contributed by atoms with Crippen molar-refractivity contribution in [2.24, 2.45) is 0 Å². The summed E-state index contributed by atoms with van der Waals surface area (Å²) in [7, 11) is 0. The Bertz CT molecular complexity index is 295. The molecule has 3 N–H and O–H groups in total. The first kappa shape index (κ1) is 9.57. The Balaban J connectivity index is 2.58. The summed E-state index contributed by atoms with van der Waals surface area (Å²) in [5.74, 6) is -0.107. The van der Waals surface area contributed by atoms with Crippen molar-refractivity contribution in [1.82, 2.24) is 10.5 Å². The monoisotopic (exact) mass is 183 g/mol. The second kappa shape index (κ2) is 3.93. The van der Waals surface area contributed by atoms with Crippen molar-refractivity contribution in [3.05, 3.63) is 11.8 Å². The van der Waals surface area contributed by atoms with Crippen molar-refractivity contribution >= 4 is 11.8 Å². The first-order chi connectivity index (χ1) is 6.13. The van der Waals surface area contributed by atoms with Crippen LogP contribution in [-0.4, -0.2) is 17.1 Å². The summed E-state index contributed by atoms with van der Waals surface area (Å²) in [5.41, 5.74) is 5.49. The van der Waals surface area contributed by atoms with E-state index in [0.29, 0.717) is 0 Å². The molecule has 5 nitrogen and oxygen atoms in total. The van der Waals surface area contributed by atoms with E-state index in [4.69, 9.17) is 5.73 Å². The molecule has 1 rings (SSSR count). The summed E-state index contributed by atoms with van der Waals surface area (Å²) in [6, 6.07) is 1.53. The number of amides is 1. The van der Waals surface area contributed by atoms with Gasteiger partial charge in [0.15, 0.2) is 5.69 Å². The van der Waals surface area contributed by atoms with E-state index in [1.54, 1.807) is 0 Å². The molecule has 0 radical (unpaired) electrons. The highest BCUT2D eigenvalue weighted by molar-refractivity contribution is 5.92. The Morgan fingerprint density at radius 2 is 2.54 bits per heavy atom. The van der Waals surface area contributed by atoms with Gasteiger partial charge in [0.2, 0.25) is 5.88 Å². The van der Waals surface area contributed by atoms with Gasteiger partial charge in [-0.15, -0.1) is 0 Å². The maximum Gasteiger partial charge on any atom is 0.273 e. The fraction of sp³-hybridized carbons (Fsp3) is 0.500. The smallest absolute Gasteiger partial charge is 0.273 e. The van der Waals surface area contributed by atoms with Crippen LogP contribution in [0.3, 0.4) is 0 Å². The maximum atomic E-state index is 11.3. The van der Waals surface area contributed by atoms with Crippen molar-refractivity contribution in [3.63, 3.8) is 0 Å². The molecule has 0 saturated carbocycles. The summed E-state index contributed by atoms with van der Waals surface area (Å²) < 4.78 is 4.57. The summed E-state index contributed by atoms with van der Waals surface area (Å²) in [6.07, 6.45) is 0.874. The van der Waals surface area contributed by atoms with Crippen LogP contribution < -0.4 is 11.1 Å². The van der Waals surface area contributed by atoms with E-state index in [0.717, 1.165) is 6.42 Å². The molecule has 0 saturated heterocycles. The van der Waals surface area contributed by atoms with E-state index in [1.807, 2.05) is 13.8 Å². The molecule has 5 heteroatoms. The molecule has 0 aliphatic carbocycles. The minimum Gasteiger partial charge on any atom is -0.368 e. The molecule has 0 bridgehead atoms. The Hall–Kier alpha value is -1.52. The average Bonchev–Trinajstić information content (AvgIpc) is 2.51. The van der Waals surface area contributed by atoms with E-state index in [1.165, 1.54) is 6.07 Å². The van der Waals surface area contributed by atoms with E-state index in [2.05, 4.69) is 15.0 Å². The summed E-state index contributed by atoms with van der Waals surface area (Å²) in [6.45, 7) is 3.91. The number of carbonyl (C=O) groups excluding carboxylic acids is 1. The van der Waals surface area contributed by atoms with E-state index in [-0.39, 0.29) is 23.5 Å². The quantitative estimate of drug-likeness (QED) is 0.725. The number of aromatic nitrogens is 1. The van der Waals surface area contributed by atoms with Gasteiger partial charge in [-0.2, -0.15) is 0 Å². The third-order valence-corrected chi connectivity index (χ3v) is 1.75. The number of carbonyl (C=O) groups is 1. The van der Waals surface area contributed by atoms with Crippen LogP contribution in [0.15, 0.2) is 10.6 Å². The van der Waals surface area contributed by atoms with Gasteiger partial charge in [0.05, 0.1) is 0 Å². The summed E-state index contributed by atoms with van der Waals surface area (Å²) in [5, 5.41) is 6.23. The molecule has 1 aromatic heterocycles. The van der Waals surface area contributed by atoms with Crippen LogP contribution in [0.25, 0.3) is 0 Å². The second-order valence-corrected chi connectivity index (χ2v) is 2.90. The molecule has 13 heavy (non-hydrogen) atoms. The summed E-state index contributed by atoms with van der Waals surface area (Å²) in [4.78, 5) is 11.3. The normalized spacial score (nSPS) is 12.5.